The van der Waals surface area contributed by atoms with Crippen LogP contribution in [0, 0.1) is 0 Å². The van der Waals surface area contributed by atoms with Gasteiger partial charge in [-0.1, -0.05) is 37.6 Å². The molecule has 0 radical (unpaired) electrons. The molecule has 0 saturated heterocycles. The van der Waals surface area contributed by atoms with Crippen LogP contribution < -0.4 is 15.4 Å². The summed E-state index contributed by atoms with van der Waals surface area (Å²) in [7, 11) is 0. The van der Waals surface area contributed by atoms with Crippen LogP contribution in [0.15, 0.2) is 48.5 Å². The molecule has 5 nitrogen and oxygen atoms in total. The Hall–Kier alpha value is -3.03. The molecule has 150 valence electrons. The van der Waals surface area contributed by atoms with Crippen LogP contribution in [0.3, 0.4) is 0 Å². The van der Waals surface area contributed by atoms with Crippen LogP contribution in [0.2, 0.25) is 0 Å². The Morgan fingerprint density at radius 2 is 1.75 bits per heavy atom. The van der Waals surface area contributed by atoms with E-state index < -0.39 is 12.1 Å². The highest BCUT2D eigenvalue weighted by Crippen LogP contribution is 2.19. The number of anilines is 1. The summed E-state index contributed by atoms with van der Waals surface area (Å²) < 4.78 is 42.3. The van der Waals surface area contributed by atoms with Gasteiger partial charge in [0.1, 0.15) is 5.75 Å². The van der Waals surface area contributed by atoms with E-state index >= 15 is 0 Å². The zero-order valence-corrected chi connectivity index (χ0v) is 15.3. The molecule has 28 heavy (non-hydrogen) atoms. The molecule has 0 atom stereocenters. The van der Waals surface area contributed by atoms with Gasteiger partial charge in [-0.25, -0.2) is 0 Å². The van der Waals surface area contributed by atoms with Crippen molar-refractivity contribution in [1.29, 1.82) is 0 Å². The standard InChI is InChI=1S/C20H21F3N2O3/c1-2-4-14-7-9-17(10-8-14)28-13-18(26)24-12-15-5-3-6-16(11-15)25-19(27)20(21,22)23/h3,5-11H,2,4,12-13H2,1H3,(H,24,26)(H,25,27). The summed E-state index contributed by atoms with van der Waals surface area (Å²) in [6, 6.07) is 13.3. The quantitative estimate of drug-likeness (QED) is 0.715. The topological polar surface area (TPSA) is 67.4 Å². The van der Waals surface area contributed by atoms with Gasteiger partial charge >= 0.3 is 12.1 Å². The summed E-state index contributed by atoms with van der Waals surface area (Å²) in [4.78, 5) is 22.9. The Bertz CT molecular complexity index is 805. The van der Waals surface area contributed by atoms with Crippen molar-refractivity contribution in [2.24, 2.45) is 0 Å². The molecule has 2 aromatic carbocycles. The second-order valence-corrected chi connectivity index (χ2v) is 6.11. The van der Waals surface area contributed by atoms with Crippen LogP contribution in [-0.2, 0) is 22.6 Å². The van der Waals surface area contributed by atoms with Crippen molar-refractivity contribution in [3.05, 3.63) is 59.7 Å². The highest BCUT2D eigenvalue weighted by atomic mass is 19.4. The lowest BCUT2D eigenvalue weighted by Crippen LogP contribution is -2.30. The van der Waals surface area contributed by atoms with E-state index in [1.807, 2.05) is 12.1 Å². The monoisotopic (exact) mass is 394 g/mol. The number of alkyl halides is 3. The van der Waals surface area contributed by atoms with Crippen LogP contribution in [0.1, 0.15) is 24.5 Å². The summed E-state index contributed by atoms with van der Waals surface area (Å²) in [5.74, 6) is -1.85. The molecular weight excluding hydrogens is 373 g/mol. The first kappa shape index (κ1) is 21.3. The molecule has 0 heterocycles. The fraction of sp³-hybridized carbons (Fsp3) is 0.300. The number of aryl methyl sites for hydroxylation is 1. The van der Waals surface area contributed by atoms with Crippen molar-refractivity contribution in [3.8, 4) is 5.75 Å². The van der Waals surface area contributed by atoms with Gasteiger partial charge in [0.2, 0.25) is 0 Å². The smallest absolute Gasteiger partial charge is 0.471 e. The van der Waals surface area contributed by atoms with Gasteiger partial charge in [-0.3, -0.25) is 9.59 Å². The van der Waals surface area contributed by atoms with E-state index in [9.17, 15) is 22.8 Å². The average Bonchev–Trinajstić information content (AvgIpc) is 2.65. The molecule has 2 aromatic rings. The summed E-state index contributed by atoms with van der Waals surface area (Å²) in [5.41, 5.74) is 1.73. The predicted molar refractivity (Wildman–Crippen MR) is 98.9 cm³/mol. The van der Waals surface area contributed by atoms with Gasteiger partial charge in [0.15, 0.2) is 6.61 Å². The van der Waals surface area contributed by atoms with Crippen molar-refractivity contribution in [3.63, 3.8) is 0 Å². The third-order valence-electron chi connectivity index (χ3n) is 3.76. The Labute approximate surface area is 160 Å². The third-order valence-corrected chi connectivity index (χ3v) is 3.76. The lowest BCUT2D eigenvalue weighted by atomic mass is 10.1. The van der Waals surface area contributed by atoms with Gasteiger partial charge in [0, 0.05) is 12.2 Å². The van der Waals surface area contributed by atoms with Crippen molar-refractivity contribution in [2.45, 2.75) is 32.5 Å². The van der Waals surface area contributed by atoms with Crippen LogP contribution in [-0.4, -0.2) is 24.6 Å². The van der Waals surface area contributed by atoms with E-state index in [0.717, 1.165) is 12.8 Å². The van der Waals surface area contributed by atoms with E-state index in [1.165, 1.54) is 23.8 Å². The molecule has 0 saturated carbocycles. The maximum absolute atomic E-state index is 12.3. The average molecular weight is 394 g/mol. The molecule has 0 aliphatic rings. The first-order chi connectivity index (χ1) is 13.3. The number of rotatable bonds is 8. The van der Waals surface area contributed by atoms with E-state index in [-0.39, 0.29) is 24.7 Å². The van der Waals surface area contributed by atoms with E-state index in [4.69, 9.17) is 4.74 Å². The Balaban J connectivity index is 1.80. The second-order valence-electron chi connectivity index (χ2n) is 6.11. The zero-order valence-electron chi connectivity index (χ0n) is 15.3. The predicted octanol–water partition coefficient (Wildman–Crippen LogP) is 3.84. The summed E-state index contributed by atoms with van der Waals surface area (Å²) in [5, 5.41) is 4.38. The summed E-state index contributed by atoms with van der Waals surface area (Å²) in [6.45, 7) is 2.00. The van der Waals surface area contributed by atoms with E-state index in [0.29, 0.717) is 11.3 Å². The third kappa shape index (κ3) is 6.94. The maximum Gasteiger partial charge on any atom is 0.471 e. The zero-order chi connectivity index (χ0) is 20.6. The number of hydrogen-bond donors (Lipinski definition) is 2. The Kier molecular flexibility index (Phi) is 7.43. The first-order valence-corrected chi connectivity index (χ1v) is 8.73. The fourth-order valence-corrected chi connectivity index (χ4v) is 2.40. The van der Waals surface area contributed by atoms with Crippen LogP contribution >= 0.6 is 0 Å². The number of nitrogens with one attached hydrogen (secondary N) is 2. The minimum atomic E-state index is -4.96. The van der Waals surface area contributed by atoms with Gasteiger partial charge in [-0.2, -0.15) is 13.2 Å². The number of amides is 2. The van der Waals surface area contributed by atoms with Crippen molar-refractivity contribution < 1.29 is 27.5 Å². The van der Waals surface area contributed by atoms with E-state index in [1.54, 1.807) is 23.5 Å². The normalized spacial score (nSPS) is 11.0. The molecule has 2 rings (SSSR count). The minimum absolute atomic E-state index is 0.00232. The summed E-state index contributed by atoms with van der Waals surface area (Å²) in [6.07, 6.45) is -2.94. The SMILES string of the molecule is CCCc1ccc(OCC(=O)NCc2cccc(NC(=O)C(F)(F)F)c2)cc1. The van der Waals surface area contributed by atoms with Crippen LogP contribution in [0.25, 0.3) is 0 Å². The Morgan fingerprint density at radius 1 is 1.04 bits per heavy atom. The number of benzene rings is 2. The number of carbonyl (C=O) groups is 2. The van der Waals surface area contributed by atoms with Crippen molar-refractivity contribution in [1.82, 2.24) is 5.32 Å². The van der Waals surface area contributed by atoms with Crippen LogP contribution in [0.5, 0.6) is 5.75 Å². The van der Waals surface area contributed by atoms with Gasteiger partial charge in [-0.15, -0.1) is 0 Å². The highest BCUT2D eigenvalue weighted by molar-refractivity contribution is 5.94. The number of ether oxygens (including phenoxy) is 1. The number of hydrogen-bond acceptors (Lipinski definition) is 3. The first-order valence-electron chi connectivity index (χ1n) is 8.73. The molecule has 0 aliphatic heterocycles. The van der Waals surface area contributed by atoms with Gasteiger partial charge in [0.25, 0.3) is 5.91 Å². The minimum Gasteiger partial charge on any atom is -0.484 e. The summed E-state index contributed by atoms with van der Waals surface area (Å²) >= 11 is 0. The molecule has 0 unspecified atom stereocenters. The second kappa shape index (κ2) is 9.77. The van der Waals surface area contributed by atoms with Gasteiger partial charge in [0.05, 0.1) is 0 Å². The maximum atomic E-state index is 12.3. The molecular formula is C20H21F3N2O3. The molecule has 2 N–H and O–H groups in total. The lowest BCUT2D eigenvalue weighted by molar-refractivity contribution is -0.167. The molecule has 2 amide bonds. The van der Waals surface area contributed by atoms with Crippen molar-refractivity contribution >= 4 is 17.5 Å². The number of halogens is 3. The number of carbonyl (C=O) groups excluding carboxylic acids is 2. The van der Waals surface area contributed by atoms with Gasteiger partial charge in [-0.05, 0) is 41.8 Å². The van der Waals surface area contributed by atoms with Crippen LogP contribution in [0.4, 0.5) is 18.9 Å². The van der Waals surface area contributed by atoms with Crippen molar-refractivity contribution in [2.75, 3.05) is 11.9 Å². The van der Waals surface area contributed by atoms with E-state index in [2.05, 4.69) is 12.2 Å². The molecule has 0 bridgehead atoms. The lowest BCUT2D eigenvalue weighted by Gasteiger charge is -2.10. The molecule has 0 spiro atoms. The Morgan fingerprint density at radius 3 is 2.39 bits per heavy atom. The van der Waals surface area contributed by atoms with Gasteiger partial charge < -0.3 is 15.4 Å². The molecule has 0 aromatic heterocycles. The largest absolute Gasteiger partial charge is 0.484 e. The molecule has 0 aliphatic carbocycles. The highest BCUT2D eigenvalue weighted by Gasteiger charge is 2.38. The molecule has 0 fully saturated rings. The fourth-order valence-electron chi connectivity index (χ4n) is 2.40. The molecule has 8 heteroatoms.